The van der Waals surface area contributed by atoms with Crippen molar-refractivity contribution < 1.29 is 22.1 Å². The number of aryl methyl sites for hydroxylation is 1. The van der Waals surface area contributed by atoms with Crippen molar-refractivity contribution in [3.63, 3.8) is 0 Å². The number of hydrogen-bond donors (Lipinski definition) is 0. The predicted molar refractivity (Wildman–Crippen MR) is 84.9 cm³/mol. The van der Waals surface area contributed by atoms with Gasteiger partial charge < -0.3 is 13.7 Å². The Kier molecular flexibility index (Phi) is 5.02. The number of morpholine rings is 1. The third-order valence-corrected chi connectivity index (χ3v) is 4.62. The van der Waals surface area contributed by atoms with E-state index < -0.39 is 9.84 Å². The van der Waals surface area contributed by atoms with E-state index >= 15 is 0 Å². The lowest BCUT2D eigenvalue weighted by molar-refractivity contribution is -0.0245. The van der Waals surface area contributed by atoms with Gasteiger partial charge >= 0.3 is 0 Å². The highest BCUT2D eigenvalue weighted by atomic mass is 32.2. The van der Waals surface area contributed by atoms with Crippen molar-refractivity contribution in [2.45, 2.75) is 31.7 Å². The lowest BCUT2D eigenvalue weighted by Gasteiger charge is -2.33. The Bertz CT molecular complexity index is 783. The zero-order chi connectivity index (χ0) is 17.2. The molecule has 1 atom stereocenters. The van der Waals surface area contributed by atoms with Crippen LogP contribution in [0.4, 0.5) is 0 Å². The molecule has 0 bridgehead atoms. The molecule has 0 spiro atoms. The summed E-state index contributed by atoms with van der Waals surface area (Å²) < 4.78 is 39.2. The molecule has 0 aromatic carbocycles. The van der Waals surface area contributed by atoms with E-state index in [-0.39, 0.29) is 17.6 Å². The van der Waals surface area contributed by atoms with Gasteiger partial charge in [0, 0.05) is 19.2 Å². The number of aromatic nitrogens is 2. The molecule has 1 saturated heterocycles. The van der Waals surface area contributed by atoms with E-state index in [2.05, 4.69) is 15.0 Å². The second kappa shape index (κ2) is 7.04. The van der Waals surface area contributed by atoms with Gasteiger partial charge in [0.15, 0.2) is 15.7 Å². The average Bonchev–Trinajstić information content (AvgIpc) is 3.15. The largest absolute Gasteiger partial charge is 0.464 e. The summed E-state index contributed by atoms with van der Waals surface area (Å²) in [5.74, 6) is 2.14. The maximum Gasteiger partial charge on any atom is 0.240 e. The molecule has 0 radical (unpaired) electrons. The Morgan fingerprint density at radius 1 is 1.38 bits per heavy atom. The smallest absolute Gasteiger partial charge is 0.240 e. The van der Waals surface area contributed by atoms with Crippen molar-refractivity contribution in [3.8, 4) is 0 Å². The number of nitrogens with zero attached hydrogens (tertiary/aromatic N) is 3. The lowest BCUT2D eigenvalue weighted by Crippen LogP contribution is -2.38. The van der Waals surface area contributed by atoms with Gasteiger partial charge in [0.1, 0.15) is 17.3 Å². The first kappa shape index (κ1) is 17.1. The molecule has 0 aliphatic carbocycles. The SMILES string of the molecule is CCc1ccc(C2COCCN2Cc2nc(CS(C)(=O)=O)no2)o1. The minimum atomic E-state index is -3.18. The van der Waals surface area contributed by atoms with Gasteiger partial charge in [-0.15, -0.1) is 0 Å². The first-order chi connectivity index (χ1) is 11.4. The van der Waals surface area contributed by atoms with Crippen molar-refractivity contribution in [1.82, 2.24) is 15.0 Å². The van der Waals surface area contributed by atoms with Crippen LogP contribution >= 0.6 is 0 Å². The fourth-order valence-corrected chi connectivity index (χ4v) is 3.26. The summed E-state index contributed by atoms with van der Waals surface area (Å²) in [6.45, 7) is 4.31. The highest BCUT2D eigenvalue weighted by molar-refractivity contribution is 7.89. The summed E-state index contributed by atoms with van der Waals surface area (Å²) in [7, 11) is -3.18. The van der Waals surface area contributed by atoms with E-state index in [0.29, 0.717) is 32.2 Å². The maximum atomic E-state index is 11.3. The third-order valence-electron chi connectivity index (χ3n) is 3.84. The normalized spacial score (nSPS) is 19.7. The van der Waals surface area contributed by atoms with E-state index in [1.807, 2.05) is 19.1 Å². The molecule has 132 valence electrons. The molecular weight excluding hydrogens is 334 g/mol. The summed E-state index contributed by atoms with van der Waals surface area (Å²) >= 11 is 0. The molecule has 0 amide bonds. The molecule has 0 saturated carbocycles. The Balaban J connectivity index is 1.72. The van der Waals surface area contributed by atoms with Crippen molar-refractivity contribution in [1.29, 1.82) is 0 Å². The number of sulfone groups is 1. The molecule has 1 aliphatic heterocycles. The molecular formula is C15H21N3O5S. The van der Waals surface area contributed by atoms with Crippen molar-refractivity contribution in [2.24, 2.45) is 0 Å². The standard InChI is InChI=1S/C15H21N3O5S/c1-3-11-4-5-13(22-11)12-9-21-7-6-18(12)8-15-16-14(17-23-15)10-24(2,19)20/h4-5,12H,3,6-10H2,1-2H3. The first-order valence-electron chi connectivity index (χ1n) is 7.84. The van der Waals surface area contributed by atoms with Gasteiger partial charge in [-0.05, 0) is 12.1 Å². The van der Waals surface area contributed by atoms with Gasteiger partial charge in [-0.2, -0.15) is 4.98 Å². The number of rotatable bonds is 6. The molecule has 24 heavy (non-hydrogen) atoms. The third kappa shape index (κ3) is 4.22. The van der Waals surface area contributed by atoms with Crippen LogP contribution in [-0.2, 0) is 33.3 Å². The maximum absolute atomic E-state index is 11.3. The minimum absolute atomic E-state index is 0.0238. The lowest BCUT2D eigenvalue weighted by atomic mass is 10.1. The second-order valence-electron chi connectivity index (χ2n) is 5.89. The summed E-state index contributed by atoms with van der Waals surface area (Å²) in [5, 5.41) is 3.74. The van der Waals surface area contributed by atoms with Crippen LogP contribution in [-0.4, -0.2) is 49.5 Å². The Labute approximate surface area is 140 Å². The fraction of sp³-hybridized carbons (Fsp3) is 0.600. The molecule has 1 unspecified atom stereocenters. The highest BCUT2D eigenvalue weighted by Crippen LogP contribution is 2.27. The molecule has 2 aromatic heterocycles. The van der Waals surface area contributed by atoms with Crippen molar-refractivity contribution in [2.75, 3.05) is 26.0 Å². The van der Waals surface area contributed by atoms with Crippen LogP contribution in [0.3, 0.4) is 0 Å². The molecule has 1 fully saturated rings. The van der Waals surface area contributed by atoms with Crippen LogP contribution in [0.1, 0.15) is 36.2 Å². The zero-order valence-electron chi connectivity index (χ0n) is 13.8. The van der Waals surface area contributed by atoms with Crippen LogP contribution in [0, 0.1) is 0 Å². The molecule has 2 aromatic rings. The predicted octanol–water partition coefficient (Wildman–Crippen LogP) is 1.34. The highest BCUT2D eigenvalue weighted by Gasteiger charge is 2.29. The van der Waals surface area contributed by atoms with E-state index in [4.69, 9.17) is 13.7 Å². The molecule has 1 aliphatic rings. The second-order valence-corrected chi connectivity index (χ2v) is 8.03. The summed E-state index contributed by atoms with van der Waals surface area (Å²) in [6.07, 6.45) is 1.98. The molecule has 0 N–H and O–H groups in total. The van der Waals surface area contributed by atoms with Gasteiger partial charge in [0.05, 0.1) is 25.8 Å². The molecule has 3 rings (SSSR count). The Morgan fingerprint density at radius 2 is 2.21 bits per heavy atom. The van der Waals surface area contributed by atoms with Gasteiger partial charge in [0.2, 0.25) is 5.89 Å². The molecule has 8 nitrogen and oxygen atoms in total. The number of furan rings is 1. The van der Waals surface area contributed by atoms with Crippen LogP contribution in [0.2, 0.25) is 0 Å². The van der Waals surface area contributed by atoms with E-state index in [0.717, 1.165) is 24.2 Å². The van der Waals surface area contributed by atoms with Crippen LogP contribution in [0.25, 0.3) is 0 Å². The Hall–Kier alpha value is -1.71. The van der Waals surface area contributed by atoms with Crippen LogP contribution < -0.4 is 0 Å². The molecule has 3 heterocycles. The van der Waals surface area contributed by atoms with E-state index in [1.165, 1.54) is 0 Å². The average molecular weight is 355 g/mol. The van der Waals surface area contributed by atoms with Gasteiger partial charge in [-0.25, -0.2) is 8.42 Å². The number of hydrogen-bond acceptors (Lipinski definition) is 8. The topological polar surface area (TPSA) is 98.7 Å². The summed E-state index contributed by atoms with van der Waals surface area (Å²) in [5.41, 5.74) is 0. The van der Waals surface area contributed by atoms with Crippen LogP contribution in [0.5, 0.6) is 0 Å². The van der Waals surface area contributed by atoms with E-state index in [9.17, 15) is 8.42 Å². The minimum Gasteiger partial charge on any atom is -0.464 e. The van der Waals surface area contributed by atoms with Gasteiger partial charge in [-0.3, -0.25) is 4.90 Å². The van der Waals surface area contributed by atoms with E-state index in [1.54, 1.807) is 0 Å². The van der Waals surface area contributed by atoms with Crippen LogP contribution in [0.15, 0.2) is 21.1 Å². The summed E-state index contributed by atoms with van der Waals surface area (Å²) in [4.78, 5) is 6.31. The van der Waals surface area contributed by atoms with Crippen molar-refractivity contribution in [3.05, 3.63) is 35.4 Å². The molecule has 9 heteroatoms. The van der Waals surface area contributed by atoms with Crippen molar-refractivity contribution >= 4 is 9.84 Å². The summed E-state index contributed by atoms with van der Waals surface area (Å²) in [6, 6.07) is 3.91. The Morgan fingerprint density at radius 3 is 2.92 bits per heavy atom. The number of ether oxygens (including phenoxy) is 1. The van der Waals surface area contributed by atoms with Gasteiger partial charge in [-0.1, -0.05) is 12.1 Å². The van der Waals surface area contributed by atoms with Gasteiger partial charge in [0.25, 0.3) is 0 Å². The first-order valence-corrected chi connectivity index (χ1v) is 9.90. The quantitative estimate of drug-likeness (QED) is 0.765. The monoisotopic (exact) mass is 355 g/mol. The zero-order valence-corrected chi connectivity index (χ0v) is 14.6. The fourth-order valence-electron chi connectivity index (χ4n) is 2.67.